The second-order valence-electron chi connectivity index (χ2n) is 4.97. The molecule has 1 aromatic heterocycles. The van der Waals surface area contributed by atoms with E-state index in [4.69, 9.17) is 0 Å². The summed E-state index contributed by atoms with van der Waals surface area (Å²) < 4.78 is 0. The lowest BCUT2D eigenvalue weighted by molar-refractivity contribution is 0.562. The van der Waals surface area contributed by atoms with Crippen LogP contribution in [-0.2, 0) is 0 Å². The first kappa shape index (κ1) is 13.2. The number of aromatic nitrogens is 2. The van der Waals surface area contributed by atoms with Crippen LogP contribution in [-0.4, -0.2) is 9.97 Å². The van der Waals surface area contributed by atoms with E-state index in [1.54, 1.807) is 6.20 Å². The summed E-state index contributed by atoms with van der Waals surface area (Å²) in [4.78, 5) is 8.82. The molecule has 3 nitrogen and oxygen atoms in total. The normalized spacial score (nSPS) is 12.2. The number of rotatable bonds is 3. The van der Waals surface area contributed by atoms with Crippen molar-refractivity contribution in [3.8, 4) is 17.3 Å². The van der Waals surface area contributed by atoms with E-state index in [2.05, 4.69) is 29.0 Å². The minimum atomic E-state index is -0.260. The average Bonchev–Trinajstić information content (AvgIpc) is 2.40. The van der Waals surface area contributed by atoms with E-state index in [-0.39, 0.29) is 11.8 Å². The summed E-state index contributed by atoms with van der Waals surface area (Å²) in [6.07, 6.45) is 1.73. The first-order valence-corrected chi connectivity index (χ1v) is 6.42. The number of hydrogen-bond donors (Lipinski definition) is 0. The Labute approximate surface area is 114 Å². The van der Waals surface area contributed by atoms with Gasteiger partial charge >= 0.3 is 0 Å². The molecule has 1 unspecified atom stereocenters. The Bertz CT molecular complexity index is 611. The molecule has 96 valence electrons. The van der Waals surface area contributed by atoms with Gasteiger partial charge in [-0.25, -0.2) is 9.97 Å². The van der Waals surface area contributed by atoms with Gasteiger partial charge in [0, 0.05) is 11.8 Å². The molecule has 2 rings (SSSR count). The van der Waals surface area contributed by atoms with Gasteiger partial charge in [-0.1, -0.05) is 38.1 Å². The fourth-order valence-corrected chi connectivity index (χ4v) is 2.04. The van der Waals surface area contributed by atoms with Gasteiger partial charge in [-0.2, -0.15) is 5.26 Å². The third-order valence-electron chi connectivity index (χ3n) is 3.18. The minimum absolute atomic E-state index is 0.206. The molecule has 0 saturated heterocycles. The first-order chi connectivity index (χ1) is 9.13. The molecule has 0 amide bonds. The molecule has 3 heteroatoms. The highest BCUT2D eigenvalue weighted by molar-refractivity contribution is 5.62. The largest absolute Gasteiger partial charge is 0.240 e. The first-order valence-electron chi connectivity index (χ1n) is 6.42. The van der Waals surface area contributed by atoms with Crippen molar-refractivity contribution in [3.05, 3.63) is 47.9 Å². The Morgan fingerprint density at radius 3 is 2.53 bits per heavy atom. The zero-order valence-electron chi connectivity index (χ0n) is 11.5. The molecule has 0 aliphatic rings. The molecule has 1 aromatic carbocycles. The molecule has 0 N–H and O–H groups in total. The predicted molar refractivity (Wildman–Crippen MR) is 75.4 cm³/mol. The van der Waals surface area contributed by atoms with E-state index >= 15 is 0 Å². The molecule has 0 saturated carbocycles. The zero-order chi connectivity index (χ0) is 13.8. The van der Waals surface area contributed by atoms with Crippen LogP contribution in [0.15, 0.2) is 36.5 Å². The van der Waals surface area contributed by atoms with Crippen LogP contribution in [0.2, 0.25) is 0 Å². The second-order valence-corrected chi connectivity index (χ2v) is 4.97. The highest BCUT2D eigenvalue weighted by atomic mass is 14.9. The van der Waals surface area contributed by atoms with E-state index in [0.717, 1.165) is 11.3 Å². The fraction of sp³-hybridized carbons (Fsp3) is 0.312. The van der Waals surface area contributed by atoms with Crippen LogP contribution in [0.3, 0.4) is 0 Å². The van der Waals surface area contributed by atoms with E-state index in [1.165, 1.54) is 5.56 Å². The summed E-state index contributed by atoms with van der Waals surface area (Å²) in [5.74, 6) is 0.555. The van der Waals surface area contributed by atoms with Crippen molar-refractivity contribution < 1.29 is 0 Å². The van der Waals surface area contributed by atoms with Crippen LogP contribution in [0, 0.1) is 24.2 Å². The van der Waals surface area contributed by atoms with Crippen LogP contribution in [0.1, 0.15) is 31.2 Å². The Hall–Kier alpha value is -2.21. The standard InChI is InChI=1S/C16H17N3/c1-11(2)14(10-17)16-18-9-8-15(19-16)13-7-5-4-6-12(13)3/h4-9,11,14H,1-3H3. The lowest BCUT2D eigenvalue weighted by Crippen LogP contribution is -2.09. The second kappa shape index (κ2) is 5.62. The number of benzene rings is 1. The molecule has 0 spiro atoms. The van der Waals surface area contributed by atoms with Crippen molar-refractivity contribution >= 4 is 0 Å². The molecule has 0 fully saturated rings. The van der Waals surface area contributed by atoms with Gasteiger partial charge in [0.05, 0.1) is 11.8 Å². The third kappa shape index (κ3) is 2.79. The zero-order valence-corrected chi connectivity index (χ0v) is 11.5. The molecule has 0 aliphatic carbocycles. The average molecular weight is 251 g/mol. The fourth-order valence-electron chi connectivity index (χ4n) is 2.04. The van der Waals surface area contributed by atoms with E-state index in [0.29, 0.717) is 5.82 Å². The van der Waals surface area contributed by atoms with Crippen molar-refractivity contribution in [1.82, 2.24) is 9.97 Å². The van der Waals surface area contributed by atoms with E-state index in [9.17, 15) is 5.26 Å². The van der Waals surface area contributed by atoms with Gasteiger partial charge in [0.2, 0.25) is 0 Å². The van der Waals surface area contributed by atoms with Gasteiger partial charge < -0.3 is 0 Å². The molecule has 0 radical (unpaired) electrons. The SMILES string of the molecule is Cc1ccccc1-c1ccnc(C(C#N)C(C)C)n1. The number of nitriles is 1. The number of nitrogens with zero attached hydrogens (tertiary/aromatic N) is 3. The highest BCUT2D eigenvalue weighted by Gasteiger charge is 2.18. The van der Waals surface area contributed by atoms with Crippen molar-refractivity contribution in [2.75, 3.05) is 0 Å². The molecular weight excluding hydrogens is 234 g/mol. The molecule has 0 bridgehead atoms. The van der Waals surface area contributed by atoms with Crippen molar-refractivity contribution in [2.24, 2.45) is 5.92 Å². The monoisotopic (exact) mass is 251 g/mol. The molecule has 1 atom stereocenters. The van der Waals surface area contributed by atoms with Gasteiger partial charge in [-0.15, -0.1) is 0 Å². The third-order valence-corrected chi connectivity index (χ3v) is 3.18. The van der Waals surface area contributed by atoms with Gasteiger partial charge in [0.25, 0.3) is 0 Å². The molecular formula is C16H17N3. The topological polar surface area (TPSA) is 49.6 Å². The molecule has 2 aromatic rings. The lowest BCUT2D eigenvalue weighted by Gasteiger charge is -2.12. The highest BCUT2D eigenvalue weighted by Crippen LogP contribution is 2.24. The van der Waals surface area contributed by atoms with Gasteiger partial charge in [-0.3, -0.25) is 0 Å². The summed E-state index contributed by atoms with van der Waals surface area (Å²) in [6.45, 7) is 6.08. The molecule has 1 heterocycles. The maximum Gasteiger partial charge on any atom is 0.146 e. The maximum atomic E-state index is 9.24. The Balaban J connectivity index is 2.46. The van der Waals surface area contributed by atoms with E-state index in [1.807, 2.05) is 38.1 Å². The molecule has 19 heavy (non-hydrogen) atoms. The lowest BCUT2D eigenvalue weighted by atomic mass is 9.96. The molecule has 0 aliphatic heterocycles. The van der Waals surface area contributed by atoms with Crippen LogP contribution >= 0.6 is 0 Å². The summed E-state index contributed by atoms with van der Waals surface area (Å²) in [5, 5.41) is 9.24. The Morgan fingerprint density at radius 1 is 1.16 bits per heavy atom. The Morgan fingerprint density at radius 2 is 1.89 bits per heavy atom. The number of aryl methyl sites for hydroxylation is 1. The maximum absolute atomic E-state index is 9.24. The van der Waals surface area contributed by atoms with Gasteiger partial charge in [0.1, 0.15) is 11.7 Å². The minimum Gasteiger partial charge on any atom is -0.240 e. The van der Waals surface area contributed by atoms with Crippen LogP contribution in [0.5, 0.6) is 0 Å². The smallest absolute Gasteiger partial charge is 0.146 e. The quantitative estimate of drug-likeness (QED) is 0.835. The van der Waals surface area contributed by atoms with Crippen LogP contribution in [0.4, 0.5) is 0 Å². The predicted octanol–water partition coefficient (Wildman–Crippen LogP) is 3.72. The Kier molecular flexibility index (Phi) is 3.91. The summed E-state index contributed by atoms with van der Waals surface area (Å²) in [6, 6.07) is 12.3. The van der Waals surface area contributed by atoms with Gasteiger partial charge in [0.15, 0.2) is 0 Å². The van der Waals surface area contributed by atoms with Gasteiger partial charge in [-0.05, 0) is 24.5 Å². The van der Waals surface area contributed by atoms with Crippen LogP contribution in [0.25, 0.3) is 11.3 Å². The number of hydrogen-bond acceptors (Lipinski definition) is 3. The van der Waals surface area contributed by atoms with Crippen molar-refractivity contribution in [3.63, 3.8) is 0 Å². The van der Waals surface area contributed by atoms with Crippen LogP contribution < -0.4 is 0 Å². The van der Waals surface area contributed by atoms with E-state index < -0.39 is 0 Å². The summed E-state index contributed by atoms with van der Waals surface area (Å²) >= 11 is 0. The summed E-state index contributed by atoms with van der Waals surface area (Å²) in [7, 11) is 0. The summed E-state index contributed by atoms with van der Waals surface area (Å²) in [5.41, 5.74) is 3.14. The van der Waals surface area contributed by atoms with Crippen molar-refractivity contribution in [1.29, 1.82) is 5.26 Å². The van der Waals surface area contributed by atoms with Crippen molar-refractivity contribution in [2.45, 2.75) is 26.7 Å².